The molecule has 0 saturated heterocycles. The molecule has 0 bridgehead atoms. The second-order valence-electron chi connectivity index (χ2n) is 5.23. The number of benzene rings is 1. The Hall–Kier alpha value is -1.88. The molecule has 2 amide bonds. The van der Waals surface area contributed by atoms with Crippen LogP contribution in [0.25, 0.3) is 0 Å². The van der Waals surface area contributed by atoms with Crippen molar-refractivity contribution in [1.29, 1.82) is 0 Å². The maximum atomic E-state index is 12.0. The Bertz CT molecular complexity index is 498. The van der Waals surface area contributed by atoms with Crippen LogP contribution in [0.3, 0.4) is 0 Å². The van der Waals surface area contributed by atoms with E-state index in [0.29, 0.717) is 24.3 Å². The lowest BCUT2D eigenvalue weighted by Crippen LogP contribution is -2.23. The maximum Gasteiger partial charge on any atom is 0.253 e. The number of carbonyl (C=O) groups is 2. The third kappa shape index (κ3) is 5.55. The average molecular weight is 292 g/mol. The molecule has 0 saturated carbocycles. The predicted molar refractivity (Wildman–Crippen MR) is 83.6 cm³/mol. The molecule has 0 fully saturated rings. The maximum absolute atomic E-state index is 12.0. The smallest absolute Gasteiger partial charge is 0.253 e. The van der Waals surface area contributed by atoms with Crippen molar-refractivity contribution >= 4 is 17.5 Å². The molecule has 21 heavy (non-hydrogen) atoms. The summed E-state index contributed by atoms with van der Waals surface area (Å²) in [6.07, 6.45) is 2.10. The van der Waals surface area contributed by atoms with E-state index in [1.165, 1.54) is 4.90 Å². The van der Waals surface area contributed by atoms with Gasteiger partial charge in [-0.2, -0.15) is 0 Å². The third-order valence-corrected chi connectivity index (χ3v) is 3.16. The molecule has 0 heterocycles. The van der Waals surface area contributed by atoms with E-state index < -0.39 is 0 Å². The molecule has 5 nitrogen and oxygen atoms in total. The Labute approximate surface area is 126 Å². The number of anilines is 1. The lowest BCUT2D eigenvalue weighted by Gasteiger charge is -2.14. The largest absolute Gasteiger partial charge is 0.385 e. The summed E-state index contributed by atoms with van der Waals surface area (Å²) < 4.78 is 4.95. The number of rotatable bonds is 7. The fourth-order valence-electron chi connectivity index (χ4n) is 1.93. The van der Waals surface area contributed by atoms with Crippen molar-refractivity contribution in [2.24, 2.45) is 0 Å². The quantitative estimate of drug-likeness (QED) is 0.785. The summed E-state index contributed by atoms with van der Waals surface area (Å²) in [5.41, 5.74) is 2.16. The molecule has 0 radical (unpaired) electrons. The normalized spacial score (nSPS) is 10.3. The van der Waals surface area contributed by atoms with Crippen molar-refractivity contribution in [3.05, 3.63) is 29.3 Å². The highest BCUT2D eigenvalue weighted by molar-refractivity contribution is 5.98. The first-order valence-electron chi connectivity index (χ1n) is 7.06. The second-order valence-corrected chi connectivity index (χ2v) is 5.23. The summed E-state index contributed by atoms with van der Waals surface area (Å²) in [7, 11) is 5.07. The number of nitrogens with one attached hydrogen (secondary N) is 1. The topological polar surface area (TPSA) is 58.6 Å². The van der Waals surface area contributed by atoms with Crippen LogP contribution < -0.4 is 5.32 Å². The number of methoxy groups -OCH3 is 1. The molecule has 0 aliphatic heterocycles. The van der Waals surface area contributed by atoms with Crippen molar-refractivity contribution in [2.75, 3.05) is 33.1 Å². The van der Waals surface area contributed by atoms with Gasteiger partial charge in [0.15, 0.2) is 0 Å². The first-order chi connectivity index (χ1) is 9.95. The zero-order valence-electron chi connectivity index (χ0n) is 13.2. The Balaban J connectivity index is 2.66. The highest BCUT2D eigenvalue weighted by Crippen LogP contribution is 2.17. The zero-order valence-corrected chi connectivity index (χ0v) is 13.2. The van der Waals surface area contributed by atoms with Gasteiger partial charge in [0.25, 0.3) is 5.91 Å². The molecule has 1 rings (SSSR count). The van der Waals surface area contributed by atoms with Crippen LogP contribution in [-0.4, -0.2) is 44.5 Å². The minimum atomic E-state index is -0.0660. The van der Waals surface area contributed by atoms with Gasteiger partial charge in [0, 0.05) is 45.5 Å². The van der Waals surface area contributed by atoms with Crippen LogP contribution >= 0.6 is 0 Å². The summed E-state index contributed by atoms with van der Waals surface area (Å²) in [6.45, 7) is 2.55. The summed E-state index contributed by atoms with van der Waals surface area (Å²) >= 11 is 0. The molecule has 0 atom stereocenters. The Morgan fingerprint density at radius 2 is 1.95 bits per heavy atom. The monoisotopic (exact) mass is 292 g/mol. The van der Waals surface area contributed by atoms with Crippen LogP contribution in [0.15, 0.2) is 18.2 Å². The molecule has 1 N–H and O–H groups in total. The molecule has 0 spiro atoms. The van der Waals surface area contributed by atoms with Gasteiger partial charge in [0.2, 0.25) is 5.91 Å². The van der Waals surface area contributed by atoms with E-state index in [1.54, 1.807) is 27.3 Å². The molecular formula is C16H24N2O3. The number of aryl methyl sites for hydroxylation is 1. The molecule has 5 heteroatoms. The van der Waals surface area contributed by atoms with Gasteiger partial charge in [-0.15, -0.1) is 0 Å². The van der Waals surface area contributed by atoms with Crippen LogP contribution in [-0.2, 0) is 9.53 Å². The van der Waals surface area contributed by atoms with Gasteiger partial charge in [0.05, 0.1) is 0 Å². The molecule has 0 unspecified atom stereocenters. The molecule has 116 valence electrons. The van der Waals surface area contributed by atoms with Gasteiger partial charge in [-0.3, -0.25) is 9.59 Å². The number of carbonyl (C=O) groups excluding carboxylic acids is 2. The van der Waals surface area contributed by atoms with Crippen LogP contribution in [0.5, 0.6) is 0 Å². The van der Waals surface area contributed by atoms with Gasteiger partial charge in [-0.25, -0.2) is 0 Å². The number of unbranched alkanes of at least 4 members (excludes halogenated alkanes) is 1. The van der Waals surface area contributed by atoms with Gasteiger partial charge < -0.3 is 15.0 Å². The number of hydrogen-bond donors (Lipinski definition) is 1. The van der Waals surface area contributed by atoms with Crippen LogP contribution in [0.2, 0.25) is 0 Å². The van der Waals surface area contributed by atoms with Crippen molar-refractivity contribution in [1.82, 2.24) is 4.90 Å². The molecule has 0 aliphatic carbocycles. The van der Waals surface area contributed by atoms with Gasteiger partial charge in [-0.1, -0.05) is 6.07 Å². The lowest BCUT2D eigenvalue weighted by molar-refractivity contribution is -0.116. The molecule has 1 aromatic rings. The van der Waals surface area contributed by atoms with Crippen molar-refractivity contribution < 1.29 is 14.3 Å². The molecule has 0 aromatic heterocycles. The highest BCUT2D eigenvalue weighted by Gasteiger charge is 2.12. The van der Waals surface area contributed by atoms with Crippen molar-refractivity contribution in [3.8, 4) is 0 Å². The first-order valence-corrected chi connectivity index (χ1v) is 7.06. The Kier molecular flexibility index (Phi) is 6.88. The predicted octanol–water partition coefficient (Wildman–Crippen LogP) is 2.45. The molecular weight excluding hydrogens is 268 g/mol. The van der Waals surface area contributed by atoms with Gasteiger partial charge >= 0.3 is 0 Å². The van der Waals surface area contributed by atoms with E-state index >= 15 is 0 Å². The van der Waals surface area contributed by atoms with Crippen LogP contribution in [0.4, 0.5) is 5.69 Å². The third-order valence-electron chi connectivity index (χ3n) is 3.16. The molecule has 1 aromatic carbocycles. The number of ether oxygens (including phenoxy) is 1. The summed E-state index contributed by atoms with van der Waals surface area (Å²) in [5, 5.41) is 2.83. The van der Waals surface area contributed by atoms with Gasteiger partial charge in [0.1, 0.15) is 0 Å². The van der Waals surface area contributed by atoms with Crippen molar-refractivity contribution in [2.45, 2.75) is 26.2 Å². The van der Waals surface area contributed by atoms with Crippen molar-refractivity contribution in [3.63, 3.8) is 0 Å². The SMILES string of the molecule is COCCCCC(=O)Nc1ccc(C)c(C(=O)N(C)C)c1. The summed E-state index contributed by atoms with van der Waals surface area (Å²) in [4.78, 5) is 25.4. The lowest BCUT2D eigenvalue weighted by atomic mass is 10.1. The fraction of sp³-hybridized carbons (Fsp3) is 0.500. The average Bonchev–Trinajstić information content (AvgIpc) is 2.45. The van der Waals surface area contributed by atoms with E-state index in [1.807, 2.05) is 19.1 Å². The number of nitrogens with zero attached hydrogens (tertiary/aromatic N) is 1. The number of amides is 2. The van der Waals surface area contributed by atoms with E-state index in [9.17, 15) is 9.59 Å². The standard InChI is InChI=1S/C16H24N2O3/c1-12-8-9-13(11-14(12)16(20)18(2)3)17-15(19)7-5-6-10-21-4/h8-9,11H,5-7,10H2,1-4H3,(H,17,19). The van der Waals surface area contributed by atoms with Gasteiger partial charge in [-0.05, 0) is 37.5 Å². The summed E-state index contributed by atoms with van der Waals surface area (Å²) in [6, 6.07) is 5.39. The first kappa shape index (κ1) is 17.2. The second kappa shape index (κ2) is 8.42. The van der Waals surface area contributed by atoms with E-state index in [0.717, 1.165) is 18.4 Å². The Morgan fingerprint density at radius 3 is 2.57 bits per heavy atom. The van der Waals surface area contributed by atoms with Crippen LogP contribution in [0.1, 0.15) is 35.2 Å². The van der Waals surface area contributed by atoms with E-state index in [4.69, 9.17) is 4.74 Å². The van der Waals surface area contributed by atoms with Crippen LogP contribution in [0, 0.1) is 6.92 Å². The minimum absolute atomic E-state index is 0.0433. The van der Waals surface area contributed by atoms with E-state index in [2.05, 4.69) is 5.32 Å². The highest BCUT2D eigenvalue weighted by atomic mass is 16.5. The number of hydrogen-bond acceptors (Lipinski definition) is 3. The van der Waals surface area contributed by atoms with E-state index in [-0.39, 0.29) is 11.8 Å². The minimum Gasteiger partial charge on any atom is -0.385 e. The molecule has 0 aliphatic rings. The zero-order chi connectivity index (χ0) is 15.8. The Morgan fingerprint density at radius 1 is 1.24 bits per heavy atom. The summed E-state index contributed by atoms with van der Waals surface area (Å²) in [5.74, 6) is -0.109. The fourth-order valence-corrected chi connectivity index (χ4v) is 1.93.